The second-order valence-electron chi connectivity index (χ2n) is 3.29. The molecule has 0 amide bonds. The molecule has 0 N–H and O–H groups in total. The highest BCUT2D eigenvalue weighted by Gasteiger charge is 2.05. The largest absolute Gasteiger partial charge is 1.00 e. The number of benzene rings is 1. The molecule has 1 aromatic carbocycles. The van der Waals surface area contributed by atoms with Gasteiger partial charge in [0, 0.05) is 18.8 Å². The molecule has 0 unspecified atom stereocenters. The van der Waals surface area contributed by atoms with Crippen molar-refractivity contribution in [3.05, 3.63) is 52.4 Å². The van der Waals surface area contributed by atoms with Crippen molar-refractivity contribution in [3.63, 3.8) is 0 Å². The smallest absolute Gasteiger partial charge is 0.271 e. The van der Waals surface area contributed by atoms with Crippen LogP contribution in [0.5, 0.6) is 0 Å². The molecule has 0 aliphatic carbocycles. The van der Waals surface area contributed by atoms with Crippen molar-refractivity contribution in [1.82, 2.24) is 9.36 Å². The third kappa shape index (κ3) is 2.14. The average Bonchev–Trinajstić information content (AvgIpc) is 2.43. The highest BCUT2D eigenvalue weighted by Crippen LogP contribution is 2.04. The molecule has 0 atom stereocenters. The number of halogens is 1. The Hall–Kier alpha value is -1.04. The Bertz CT molecular complexity index is 499. The summed E-state index contributed by atoms with van der Waals surface area (Å²) in [5, 5.41) is 0. The van der Waals surface area contributed by atoms with E-state index in [-0.39, 0.29) is 29.5 Å². The van der Waals surface area contributed by atoms with E-state index in [2.05, 4.69) is 0 Å². The van der Waals surface area contributed by atoms with Crippen LogP contribution in [0, 0.1) is 6.92 Å². The van der Waals surface area contributed by atoms with Gasteiger partial charge in [0.2, 0.25) is 0 Å². The predicted octanol–water partition coefficient (Wildman–Crippen LogP) is -1.51. The zero-order valence-corrected chi connectivity index (χ0v) is 10.8. The molecule has 0 fully saturated rings. The van der Waals surface area contributed by atoms with Crippen molar-refractivity contribution < 1.29 is 24.0 Å². The zero-order valence-electron chi connectivity index (χ0n) is 8.64. The first-order valence-corrected chi connectivity index (χ1v) is 4.51. The third-order valence-electron chi connectivity index (χ3n) is 2.35. The lowest BCUT2D eigenvalue weighted by atomic mass is 10.3. The van der Waals surface area contributed by atoms with E-state index in [4.69, 9.17) is 0 Å². The van der Waals surface area contributed by atoms with Gasteiger partial charge in [0.05, 0.1) is 5.69 Å². The van der Waals surface area contributed by atoms with Crippen molar-refractivity contribution in [1.29, 1.82) is 0 Å². The first-order chi connectivity index (χ1) is 6.70. The Labute approximate surface area is 105 Å². The van der Waals surface area contributed by atoms with Gasteiger partial charge in [-0.3, -0.25) is 9.48 Å². The van der Waals surface area contributed by atoms with Crippen LogP contribution in [0.1, 0.15) is 5.69 Å². The molecule has 0 saturated carbocycles. The van der Waals surface area contributed by atoms with Crippen molar-refractivity contribution in [2.75, 3.05) is 0 Å². The van der Waals surface area contributed by atoms with E-state index in [0.717, 1.165) is 11.4 Å². The summed E-state index contributed by atoms with van der Waals surface area (Å²) in [4.78, 5) is 11.6. The van der Waals surface area contributed by atoms with E-state index in [1.165, 1.54) is 0 Å². The molecule has 15 heavy (non-hydrogen) atoms. The van der Waals surface area contributed by atoms with Crippen molar-refractivity contribution in [3.8, 4) is 5.69 Å². The average molecular weight is 315 g/mol. The number of hydrogen-bond donors (Lipinski definition) is 0. The Balaban J connectivity index is 0.00000112. The molecule has 1 aromatic heterocycles. The molecule has 2 rings (SSSR count). The number of aryl methyl sites for hydroxylation is 1. The Morgan fingerprint density at radius 2 is 1.73 bits per heavy atom. The van der Waals surface area contributed by atoms with Crippen LogP contribution in [0.25, 0.3) is 5.69 Å². The van der Waals surface area contributed by atoms with E-state index in [1.54, 1.807) is 10.7 Å². The maximum absolute atomic E-state index is 11.6. The zero-order chi connectivity index (χ0) is 10.1. The van der Waals surface area contributed by atoms with E-state index < -0.39 is 0 Å². The summed E-state index contributed by atoms with van der Waals surface area (Å²) in [5.74, 6) is 0. The summed E-state index contributed by atoms with van der Waals surface area (Å²) in [6.07, 6.45) is 0. The minimum atomic E-state index is 0. The van der Waals surface area contributed by atoms with Gasteiger partial charge in [-0.1, -0.05) is 18.2 Å². The topological polar surface area (TPSA) is 26.9 Å². The summed E-state index contributed by atoms with van der Waals surface area (Å²) in [6, 6.07) is 11.2. The monoisotopic (exact) mass is 315 g/mol. The second-order valence-corrected chi connectivity index (χ2v) is 3.29. The molecular weight excluding hydrogens is 303 g/mol. The summed E-state index contributed by atoms with van der Waals surface area (Å²) >= 11 is 0. The van der Waals surface area contributed by atoms with Crippen LogP contribution < -0.4 is 29.5 Å². The minimum Gasteiger partial charge on any atom is -1.00 e. The maximum atomic E-state index is 11.6. The summed E-state index contributed by atoms with van der Waals surface area (Å²) in [6.45, 7) is 1.92. The standard InChI is InChI=1S/C11H12N2O.HI/c1-9-8-11(14)13(12(9)2)10-6-4-3-5-7-10;/h3-8H,1-2H3;1H/p-1. The number of nitrogens with zero attached hydrogens (tertiary/aromatic N) is 2. The molecule has 2 aromatic rings. The third-order valence-corrected chi connectivity index (χ3v) is 2.35. The Morgan fingerprint density at radius 1 is 1.13 bits per heavy atom. The van der Waals surface area contributed by atoms with Crippen LogP contribution in [0.15, 0.2) is 41.2 Å². The van der Waals surface area contributed by atoms with Gasteiger partial charge in [0.15, 0.2) is 0 Å². The fourth-order valence-corrected chi connectivity index (χ4v) is 1.51. The quantitative estimate of drug-likeness (QED) is 0.588. The van der Waals surface area contributed by atoms with Crippen LogP contribution in [-0.2, 0) is 7.05 Å². The van der Waals surface area contributed by atoms with Crippen molar-refractivity contribution >= 4 is 0 Å². The van der Waals surface area contributed by atoms with Gasteiger partial charge in [-0.2, -0.15) is 0 Å². The lowest BCUT2D eigenvalue weighted by molar-refractivity contribution is -0.00000306. The molecule has 0 aliphatic heterocycles. The SMILES string of the molecule is Cc1cc(=O)n(-c2ccccc2)n1C.[I-]. The summed E-state index contributed by atoms with van der Waals surface area (Å²) in [7, 11) is 1.88. The van der Waals surface area contributed by atoms with Crippen LogP contribution in [-0.4, -0.2) is 9.36 Å². The van der Waals surface area contributed by atoms with E-state index in [1.807, 2.05) is 49.0 Å². The highest BCUT2D eigenvalue weighted by molar-refractivity contribution is 5.30. The van der Waals surface area contributed by atoms with Gasteiger partial charge in [-0.05, 0) is 19.1 Å². The lowest BCUT2D eigenvalue weighted by Gasteiger charge is -2.07. The maximum Gasteiger partial charge on any atom is 0.271 e. The second kappa shape index (κ2) is 4.65. The van der Waals surface area contributed by atoms with Gasteiger partial charge in [-0.25, -0.2) is 4.68 Å². The summed E-state index contributed by atoms with van der Waals surface area (Å²) < 4.78 is 3.49. The van der Waals surface area contributed by atoms with Gasteiger partial charge in [0.1, 0.15) is 0 Å². The molecule has 0 aliphatic rings. The number of aromatic nitrogens is 2. The molecule has 3 nitrogen and oxygen atoms in total. The fourth-order valence-electron chi connectivity index (χ4n) is 1.51. The molecule has 80 valence electrons. The van der Waals surface area contributed by atoms with E-state index in [9.17, 15) is 4.79 Å². The molecular formula is C11H12IN2O-. The molecule has 0 radical (unpaired) electrons. The molecule has 1 heterocycles. The van der Waals surface area contributed by atoms with Crippen molar-refractivity contribution in [2.24, 2.45) is 7.05 Å². The van der Waals surface area contributed by atoms with Crippen molar-refractivity contribution in [2.45, 2.75) is 6.92 Å². The first kappa shape index (κ1) is 12.0. The first-order valence-electron chi connectivity index (χ1n) is 4.51. The predicted molar refractivity (Wildman–Crippen MR) is 55.7 cm³/mol. The van der Waals surface area contributed by atoms with Crippen LogP contribution in [0.3, 0.4) is 0 Å². The lowest BCUT2D eigenvalue weighted by Crippen LogP contribution is -3.00. The number of para-hydroxylation sites is 1. The molecule has 0 saturated heterocycles. The highest BCUT2D eigenvalue weighted by atomic mass is 127. The van der Waals surface area contributed by atoms with Gasteiger partial charge in [0.25, 0.3) is 5.56 Å². The van der Waals surface area contributed by atoms with Gasteiger partial charge >= 0.3 is 0 Å². The minimum absolute atomic E-state index is 0. The normalized spacial score (nSPS) is 9.73. The van der Waals surface area contributed by atoms with E-state index >= 15 is 0 Å². The Morgan fingerprint density at radius 3 is 2.20 bits per heavy atom. The van der Waals surface area contributed by atoms with Crippen LogP contribution >= 0.6 is 0 Å². The fraction of sp³-hybridized carbons (Fsp3) is 0.182. The summed E-state index contributed by atoms with van der Waals surface area (Å²) in [5.41, 5.74) is 1.86. The number of hydrogen-bond acceptors (Lipinski definition) is 1. The van der Waals surface area contributed by atoms with Gasteiger partial charge < -0.3 is 24.0 Å². The molecule has 4 heteroatoms. The van der Waals surface area contributed by atoms with Crippen LogP contribution in [0.2, 0.25) is 0 Å². The number of rotatable bonds is 1. The van der Waals surface area contributed by atoms with Crippen LogP contribution in [0.4, 0.5) is 0 Å². The Kier molecular flexibility index (Phi) is 3.73. The van der Waals surface area contributed by atoms with Gasteiger partial charge in [-0.15, -0.1) is 0 Å². The molecule has 0 spiro atoms. The molecule has 0 bridgehead atoms. The van der Waals surface area contributed by atoms with E-state index in [0.29, 0.717) is 0 Å².